The molecule has 1 nitrogen and oxygen atoms in total. The highest BCUT2D eigenvalue weighted by molar-refractivity contribution is 7.99. The largest absolute Gasteiger partial charge is 0.328 e. The van der Waals surface area contributed by atoms with Crippen molar-refractivity contribution in [1.82, 2.24) is 0 Å². The van der Waals surface area contributed by atoms with Crippen LogP contribution in [0.25, 0.3) is 0 Å². The second-order valence-corrected chi connectivity index (χ2v) is 5.52. The van der Waals surface area contributed by atoms with Crippen molar-refractivity contribution in [2.45, 2.75) is 30.7 Å². The van der Waals surface area contributed by atoms with Crippen LogP contribution in [0.5, 0.6) is 0 Å². The zero-order valence-electron chi connectivity index (χ0n) is 8.67. The first-order valence-electron chi connectivity index (χ1n) is 4.93. The molecule has 0 heterocycles. The summed E-state index contributed by atoms with van der Waals surface area (Å²) in [5.74, 6) is 1.03. The van der Waals surface area contributed by atoms with Gasteiger partial charge in [-0.25, -0.2) is 0 Å². The second kappa shape index (κ2) is 6.64. The van der Waals surface area contributed by atoms with Crippen molar-refractivity contribution in [1.29, 1.82) is 0 Å². The van der Waals surface area contributed by atoms with Gasteiger partial charge in [0.2, 0.25) is 0 Å². The SMILES string of the molecule is CC(N)CCCSc1cc(Cl)ccc1Cl. The molecule has 0 aliphatic heterocycles. The number of benzene rings is 1. The van der Waals surface area contributed by atoms with Gasteiger partial charge in [0.15, 0.2) is 0 Å². The Balaban J connectivity index is 2.40. The Morgan fingerprint density at radius 1 is 1.40 bits per heavy atom. The van der Waals surface area contributed by atoms with Crippen LogP contribution in [0, 0.1) is 0 Å². The number of hydrogen-bond donors (Lipinski definition) is 1. The van der Waals surface area contributed by atoms with Crippen molar-refractivity contribution >= 4 is 35.0 Å². The zero-order valence-corrected chi connectivity index (χ0v) is 11.0. The summed E-state index contributed by atoms with van der Waals surface area (Å²) in [5.41, 5.74) is 5.67. The molecule has 1 rings (SSSR count). The summed E-state index contributed by atoms with van der Waals surface area (Å²) >= 11 is 13.7. The summed E-state index contributed by atoms with van der Waals surface area (Å²) in [4.78, 5) is 1.05. The zero-order chi connectivity index (χ0) is 11.3. The minimum atomic E-state index is 0.278. The predicted octanol–water partition coefficient (Wildman–Crippen LogP) is 4.21. The van der Waals surface area contributed by atoms with Crippen LogP contribution in [0.2, 0.25) is 10.0 Å². The third-order valence-corrected chi connectivity index (χ3v) is 3.77. The van der Waals surface area contributed by atoms with E-state index in [0.717, 1.165) is 33.5 Å². The average molecular weight is 264 g/mol. The van der Waals surface area contributed by atoms with Crippen molar-refractivity contribution in [2.75, 3.05) is 5.75 Å². The van der Waals surface area contributed by atoms with Crippen molar-refractivity contribution in [3.05, 3.63) is 28.2 Å². The molecule has 0 aromatic heterocycles. The van der Waals surface area contributed by atoms with Crippen LogP contribution in [0.3, 0.4) is 0 Å². The van der Waals surface area contributed by atoms with E-state index in [1.165, 1.54) is 0 Å². The van der Waals surface area contributed by atoms with Crippen LogP contribution in [-0.2, 0) is 0 Å². The smallest absolute Gasteiger partial charge is 0.0542 e. The van der Waals surface area contributed by atoms with E-state index in [1.807, 2.05) is 19.1 Å². The topological polar surface area (TPSA) is 26.0 Å². The molecule has 2 N–H and O–H groups in total. The van der Waals surface area contributed by atoms with Crippen LogP contribution in [0.1, 0.15) is 19.8 Å². The molecule has 15 heavy (non-hydrogen) atoms. The minimum absolute atomic E-state index is 0.278. The Labute approximate surface area is 105 Å². The third kappa shape index (κ3) is 5.12. The Kier molecular flexibility index (Phi) is 5.83. The fraction of sp³-hybridized carbons (Fsp3) is 0.455. The normalized spacial score (nSPS) is 12.8. The van der Waals surface area contributed by atoms with Crippen molar-refractivity contribution < 1.29 is 0 Å². The quantitative estimate of drug-likeness (QED) is 0.636. The van der Waals surface area contributed by atoms with E-state index in [4.69, 9.17) is 28.9 Å². The van der Waals surface area contributed by atoms with Gasteiger partial charge in [0, 0.05) is 16.0 Å². The first-order chi connectivity index (χ1) is 7.09. The summed E-state index contributed by atoms with van der Waals surface area (Å²) < 4.78 is 0. The third-order valence-electron chi connectivity index (χ3n) is 1.95. The van der Waals surface area contributed by atoms with Gasteiger partial charge in [-0.05, 0) is 43.7 Å². The summed E-state index contributed by atoms with van der Waals surface area (Å²) in [7, 11) is 0. The van der Waals surface area contributed by atoms with Crippen LogP contribution in [0.4, 0.5) is 0 Å². The van der Waals surface area contributed by atoms with E-state index < -0.39 is 0 Å². The number of nitrogens with two attached hydrogens (primary N) is 1. The van der Waals surface area contributed by atoms with E-state index in [1.54, 1.807) is 17.8 Å². The van der Waals surface area contributed by atoms with E-state index >= 15 is 0 Å². The molecule has 0 radical (unpaired) electrons. The maximum absolute atomic E-state index is 6.03. The highest BCUT2D eigenvalue weighted by Gasteiger charge is 2.02. The molecular formula is C11H15Cl2NS. The Morgan fingerprint density at radius 3 is 2.80 bits per heavy atom. The minimum Gasteiger partial charge on any atom is -0.328 e. The van der Waals surface area contributed by atoms with Crippen LogP contribution in [-0.4, -0.2) is 11.8 Å². The summed E-state index contributed by atoms with van der Waals surface area (Å²) in [6.45, 7) is 2.02. The lowest BCUT2D eigenvalue weighted by Gasteiger charge is -2.06. The monoisotopic (exact) mass is 263 g/mol. The molecule has 0 bridgehead atoms. The molecule has 4 heteroatoms. The second-order valence-electron chi connectivity index (χ2n) is 3.54. The summed E-state index contributed by atoms with van der Waals surface area (Å²) in [6, 6.07) is 5.81. The van der Waals surface area contributed by atoms with Gasteiger partial charge in [0.25, 0.3) is 0 Å². The number of rotatable bonds is 5. The lowest BCUT2D eigenvalue weighted by Crippen LogP contribution is -2.14. The molecule has 0 fully saturated rings. The Morgan fingerprint density at radius 2 is 2.13 bits per heavy atom. The van der Waals surface area contributed by atoms with E-state index in [-0.39, 0.29) is 6.04 Å². The number of thioether (sulfide) groups is 1. The van der Waals surface area contributed by atoms with Crippen molar-refractivity contribution in [3.8, 4) is 0 Å². The fourth-order valence-electron chi connectivity index (χ4n) is 1.18. The highest BCUT2D eigenvalue weighted by atomic mass is 35.5. The molecule has 0 aliphatic rings. The van der Waals surface area contributed by atoms with Crippen molar-refractivity contribution in [3.63, 3.8) is 0 Å². The first-order valence-corrected chi connectivity index (χ1v) is 6.67. The molecule has 0 aliphatic carbocycles. The van der Waals surface area contributed by atoms with Crippen LogP contribution in [0.15, 0.2) is 23.1 Å². The van der Waals surface area contributed by atoms with Gasteiger partial charge >= 0.3 is 0 Å². The van der Waals surface area contributed by atoms with E-state index in [0.29, 0.717) is 0 Å². The molecule has 0 saturated carbocycles. The lowest BCUT2D eigenvalue weighted by atomic mass is 10.2. The van der Waals surface area contributed by atoms with Gasteiger partial charge in [0.05, 0.1) is 5.02 Å². The van der Waals surface area contributed by atoms with Gasteiger partial charge in [-0.15, -0.1) is 11.8 Å². The van der Waals surface area contributed by atoms with Gasteiger partial charge in [0.1, 0.15) is 0 Å². The van der Waals surface area contributed by atoms with Crippen LogP contribution >= 0.6 is 35.0 Å². The number of hydrogen-bond acceptors (Lipinski definition) is 2. The summed E-state index contributed by atoms with van der Waals surface area (Å²) in [5, 5.41) is 1.50. The molecule has 0 amide bonds. The summed E-state index contributed by atoms with van der Waals surface area (Å²) in [6.07, 6.45) is 2.15. The first kappa shape index (κ1) is 13.2. The maximum atomic E-state index is 6.03. The molecule has 0 spiro atoms. The molecule has 1 unspecified atom stereocenters. The molecule has 84 valence electrons. The Hall–Kier alpha value is 0.110. The van der Waals surface area contributed by atoms with Gasteiger partial charge in [-0.1, -0.05) is 23.2 Å². The van der Waals surface area contributed by atoms with E-state index in [2.05, 4.69) is 0 Å². The van der Waals surface area contributed by atoms with Crippen LogP contribution < -0.4 is 5.73 Å². The van der Waals surface area contributed by atoms with Gasteiger partial charge < -0.3 is 5.73 Å². The predicted molar refractivity (Wildman–Crippen MR) is 70.1 cm³/mol. The average Bonchev–Trinajstić information content (AvgIpc) is 2.17. The molecule has 1 atom stereocenters. The van der Waals surface area contributed by atoms with Crippen molar-refractivity contribution in [2.24, 2.45) is 5.73 Å². The number of halogens is 2. The fourth-order valence-corrected chi connectivity index (χ4v) is 2.64. The maximum Gasteiger partial charge on any atom is 0.0542 e. The molecule has 1 aromatic rings. The van der Waals surface area contributed by atoms with Gasteiger partial charge in [-0.2, -0.15) is 0 Å². The van der Waals surface area contributed by atoms with E-state index in [9.17, 15) is 0 Å². The molecular weight excluding hydrogens is 249 g/mol. The highest BCUT2D eigenvalue weighted by Crippen LogP contribution is 2.30. The van der Waals surface area contributed by atoms with Gasteiger partial charge in [-0.3, -0.25) is 0 Å². The standard InChI is InChI=1S/C11H15Cl2NS/c1-8(14)3-2-6-15-11-7-9(12)4-5-10(11)13/h4-5,7-8H,2-3,6,14H2,1H3. The molecule has 0 saturated heterocycles. The Bertz CT molecular complexity index is 315. The molecule has 1 aromatic carbocycles. The lowest BCUT2D eigenvalue weighted by molar-refractivity contribution is 0.656.